The molecule has 0 unspecified atom stereocenters. The van der Waals surface area contributed by atoms with Crippen LogP contribution in [-0.2, 0) is 13.0 Å². The summed E-state index contributed by atoms with van der Waals surface area (Å²) in [6.07, 6.45) is 2.49. The number of aromatic nitrogens is 2. The molecule has 0 radical (unpaired) electrons. The third-order valence-electron chi connectivity index (χ3n) is 4.43. The van der Waals surface area contributed by atoms with Gasteiger partial charge in [0.05, 0.1) is 12.3 Å². The third kappa shape index (κ3) is 3.16. The lowest BCUT2D eigenvalue weighted by Crippen LogP contribution is -2.25. The largest absolute Gasteiger partial charge is 0.490 e. The van der Waals surface area contributed by atoms with Crippen LogP contribution in [0.5, 0.6) is 17.2 Å². The number of benzene rings is 1. The molecular formula is C20H21N3O4. The second-order valence-corrected chi connectivity index (χ2v) is 6.13. The Bertz CT molecular complexity index is 996. The van der Waals surface area contributed by atoms with Gasteiger partial charge >= 0.3 is 0 Å². The van der Waals surface area contributed by atoms with Crippen molar-refractivity contribution in [1.82, 2.24) is 14.7 Å². The maximum atomic E-state index is 12.9. The lowest BCUT2D eigenvalue weighted by atomic mass is 10.2. The quantitative estimate of drug-likeness (QED) is 0.725. The van der Waals surface area contributed by atoms with Gasteiger partial charge in [0, 0.05) is 12.7 Å². The Balaban J connectivity index is 1.59. The first kappa shape index (κ1) is 17.2. The lowest BCUT2D eigenvalue weighted by molar-refractivity contribution is 0.0944. The first-order valence-corrected chi connectivity index (χ1v) is 9.00. The lowest BCUT2D eigenvalue weighted by Gasteiger charge is -2.08. The van der Waals surface area contributed by atoms with Crippen molar-refractivity contribution < 1.29 is 19.0 Å². The molecular weight excluding hydrogens is 346 g/mol. The summed E-state index contributed by atoms with van der Waals surface area (Å²) >= 11 is 0. The molecule has 3 heterocycles. The van der Waals surface area contributed by atoms with Crippen molar-refractivity contribution in [2.45, 2.75) is 26.8 Å². The molecule has 7 heteroatoms. The van der Waals surface area contributed by atoms with Crippen LogP contribution in [0.3, 0.4) is 0 Å². The highest BCUT2D eigenvalue weighted by atomic mass is 16.7. The van der Waals surface area contributed by atoms with E-state index >= 15 is 0 Å². The highest BCUT2D eigenvalue weighted by molar-refractivity contribution is 5.95. The third-order valence-corrected chi connectivity index (χ3v) is 4.43. The van der Waals surface area contributed by atoms with E-state index in [1.165, 1.54) is 0 Å². The summed E-state index contributed by atoms with van der Waals surface area (Å²) in [6.45, 7) is 5.06. The molecule has 7 nitrogen and oxygen atoms in total. The number of ether oxygens (including phenoxy) is 3. The highest BCUT2D eigenvalue weighted by Gasteiger charge is 2.20. The van der Waals surface area contributed by atoms with E-state index in [1.54, 1.807) is 4.40 Å². The smallest absolute Gasteiger partial charge is 0.270 e. The van der Waals surface area contributed by atoms with Gasteiger partial charge in [-0.15, -0.1) is 0 Å². The molecule has 0 bridgehead atoms. The van der Waals surface area contributed by atoms with E-state index < -0.39 is 0 Å². The van der Waals surface area contributed by atoms with Crippen molar-refractivity contribution in [2.75, 3.05) is 13.4 Å². The number of fused-ring (bicyclic) bond motifs is 2. The maximum absolute atomic E-state index is 12.9. The van der Waals surface area contributed by atoms with E-state index in [4.69, 9.17) is 14.2 Å². The number of pyridine rings is 1. The Morgan fingerprint density at radius 3 is 2.93 bits per heavy atom. The average Bonchev–Trinajstić information content (AvgIpc) is 3.30. The predicted molar refractivity (Wildman–Crippen MR) is 99.5 cm³/mol. The number of carbonyl (C=O) groups excluding carboxylic acids is 1. The van der Waals surface area contributed by atoms with Gasteiger partial charge in [-0.1, -0.05) is 13.0 Å². The summed E-state index contributed by atoms with van der Waals surface area (Å²) in [6, 6.07) is 9.36. The number of rotatable bonds is 6. The van der Waals surface area contributed by atoms with Gasteiger partial charge in [-0.3, -0.25) is 9.20 Å². The summed E-state index contributed by atoms with van der Waals surface area (Å²) < 4.78 is 18.1. The highest BCUT2D eigenvalue weighted by Crippen LogP contribution is 2.32. The molecule has 0 spiro atoms. The number of nitrogens with one attached hydrogen (secondary N) is 1. The molecule has 3 aromatic rings. The van der Waals surface area contributed by atoms with Gasteiger partial charge in [-0.05, 0) is 43.2 Å². The van der Waals surface area contributed by atoms with E-state index in [0.29, 0.717) is 42.4 Å². The molecule has 1 amide bonds. The molecule has 1 N–H and O–H groups in total. The molecule has 0 fully saturated rings. The van der Waals surface area contributed by atoms with E-state index in [-0.39, 0.29) is 12.7 Å². The second-order valence-electron chi connectivity index (χ2n) is 6.13. The molecule has 140 valence electrons. The van der Waals surface area contributed by atoms with Crippen molar-refractivity contribution in [3.05, 3.63) is 53.5 Å². The van der Waals surface area contributed by atoms with E-state index in [1.807, 2.05) is 50.4 Å². The molecule has 2 aromatic heterocycles. The molecule has 0 saturated carbocycles. The van der Waals surface area contributed by atoms with Crippen LogP contribution < -0.4 is 19.5 Å². The number of imidazole rings is 1. The molecule has 0 saturated heterocycles. The zero-order valence-corrected chi connectivity index (χ0v) is 15.3. The second kappa shape index (κ2) is 7.19. The van der Waals surface area contributed by atoms with Crippen molar-refractivity contribution in [3.8, 4) is 17.2 Å². The van der Waals surface area contributed by atoms with E-state index in [9.17, 15) is 4.79 Å². The van der Waals surface area contributed by atoms with Crippen molar-refractivity contribution in [1.29, 1.82) is 0 Å². The number of hydrogen-bond acceptors (Lipinski definition) is 5. The van der Waals surface area contributed by atoms with Crippen LogP contribution in [0.4, 0.5) is 0 Å². The number of hydrogen-bond donors (Lipinski definition) is 1. The summed E-state index contributed by atoms with van der Waals surface area (Å²) in [4.78, 5) is 17.5. The fourth-order valence-corrected chi connectivity index (χ4v) is 3.16. The van der Waals surface area contributed by atoms with Crippen LogP contribution in [0.25, 0.3) is 5.65 Å². The first-order valence-electron chi connectivity index (χ1n) is 9.00. The van der Waals surface area contributed by atoms with Gasteiger partial charge in [-0.25, -0.2) is 4.98 Å². The topological polar surface area (TPSA) is 74.1 Å². The number of nitrogens with zero attached hydrogens (tertiary/aromatic N) is 2. The van der Waals surface area contributed by atoms with Crippen molar-refractivity contribution >= 4 is 11.6 Å². The Morgan fingerprint density at radius 2 is 2.11 bits per heavy atom. The number of carbonyl (C=O) groups is 1. The molecule has 1 aliphatic heterocycles. The van der Waals surface area contributed by atoms with Crippen LogP contribution in [0.1, 0.15) is 35.6 Å². The van der Waals surface area contributed by atoms with E-state index in [0.717, 1.165) is 17.0 Å². The normalized spacial score (nSPS) is 12.4. The summed E-state index contributed by atoms with van der Waals surface area (Å²) in [5.41, 5.74) is 2.87. The van der Waals surface area contributed by atoms with Crippen molar-refractivity contribution in [3.63, 3.8) is 0 Å². The molecule has 1 aliphatic rings. The molecule has 0 atom stereocenters. The van der Waals surface area contributed by atoms with E-state index in [2.05, 4.69) is 10.3 Å². The number of aryl methyl sites for hydroxylation is 1. The van der Waals surface area contributed by atoms with Gasteiger partial charge in [0.25, 0.3) is 5.91 Å². The number of amides is 1. The monoisotopic (exact) mass is 367 g/mol. The minimum absolute atomic E-state index is 0.175. The Labute approximate surface area is 156 Å². The Morgan fingerprint density at radius 1 is 1.26 bits per heavy atom. The molecule has 1 aromatic carbocycles. The zero-order valence-electron chi connectivity index (χ0n) is 15.3. The van der Waals surface area contributed by atoms with Gasteiger partial charge in [0.1, 0.15) is 5.69 Å². The van der Waals surface area contributed by atoms with Gasteiger partial charge < -0.3 is 19.5 Å². The first-order chi connectivity index (χ1) is 13.2. The summed E-state index contributed by atoms with van der Waals surface area (Å²) in [5, 5.41) is 2.97. The Hall–Kier alpha value is -3.22. The minimum atomic E-state index is -0.175. The van der Waals surface area contributed by atoms with Crippen LogP contribution in [0, 0.1) is 0 Å². The van der Waals surface area contributed by atoms with Crippen LogP contribution in [0.15, 0.2) is 36.5 Å². The fourth-order valence-electron chi connectivity index (χ4n) is 3.16. The van der Waals surface area contributed by atoms with Crippen LogP contribution >= 0.6 is 0 Å². The average molecular weight is 367 g/mol. The molecule has 4 rings (SSSR count). The standard InChI is InChI=1S/C20H21N3O4/c1-3-14-18(23-9-5-6-16(25-4-2)19(23)22-14)20(24)21-11-13-7-8-15-17(10-13)27-12-26-15/h5-10H,3-4,11-12H2,1-2H3,(H,21,24). The fraction of sp³-hybridized carbons (Fsp3) is 0.300. The van der Waals surface area contributed by atoms with Gasteiger partial charge in [0.2, 0.25) is 6.79 Å². The van der Waals surface area contributed by atoms with Gasteiger partial charge in [-0.2, -0.15) is 0 Å². The Kier molecular flexibility index (Phi) is 4.58. The van der Waals surface area contributed by atoms with Gasteiger partial charge in [0.15, 0.2) is 22.9 Å². The SMILES string of the molecule is CCOc1cccn2c(C(=O)NCc3ccc4c(c3)OCO4)c(CC)nc12. The summed E-state index contributed by atoms with van der Waals surface area (Å²) in [5.74, 6) is 1.92. The molecule has 0 aliphatic carbocycles. The molecule has 27 heavy (non-hydrogen) atoms. The predicted octanol–water partition coefficient (Wildman–Crippen LogP) is 2.95. The zero-order chi connectivity index (χ0) is 18.8. The maximum Gasteiger partial charge on any atom is 0.270 e. The van der Waals surface area contributed by atoms with Crippen LogP contribution in [0.2, 0.25) is 0 Å². The minimum Gasteiger partial charge on any atom is -0.490 e. The van der Waals surface area contributed by atoms with Crippen molar-refractivity contribution in [2.24, 2.45) is 0 Å². The summed E-state index contributed by atoms with van der Waals surface area (Å²) in [7, 11) is 0. The van der Waals surface area contributed by atoms with Crippen LogP contribution in [-0.4, -0.2) is 28.7 Å².